The summed E-state index contributed by atoms with van der Waals surface area (Å²) in [5.74, 6) is -1.42. The van der Waals surface area contributed by atoms with Gasteiger partial charge in [-0.15, -0.1) is 11.3 Å². The van der Waals surface area contributed by atoms with Crippen molar-refractivity contribution in [3.05, 3.63) is 55.7 Å². The summed E-state index contributed by atoms with van der Waals surface area (Å²) in [5.41, 5.74) is 0.265. The summed E-state index contributed by atoms with van der Waals surface area (Å²) >= 11 is 13.8. The summed E-state index contributed by atoms with van der Waals surface area (Å²) in [6.07, 6.45) is 0. The zero-order valence-electron chi connectivity index (χ0n) is 16.1. The Morgan fingerprint density at radius 1 is 1.28 bits per heavy atom. The molecule has 6 nitrogen and oxygen atoms in total. The topological polar surface area (TPSA) is 70.1 Å². The molecule has 1 aliphatic rings. The van der Waals surface area contributed by atoms with Crippen LogP contribution in [0.3, 0.4) is 0 Å². The molecule has 0 saturated carbocycles. The smallest absolute Gasteiger partial charge is 0.295 e. The van der Waals surface area contributed by atoms with Gasteiger partial charge < -0.3 is 19.6 Å². The van der Waals surface area contributed by atoms with Crippen LogP contribution in [-0.4, -0.2) is 60.9 Å². The molecule has 1 aromatic heterocycles. The van der Waals surface area contributed by atoms with Crippen LogP contribution in [0.4, 0.5) is 0 Å². The maximum absolute atomic E-state index is 12.9. The van der Waals surface area contributed by atoms with Gasteiger partial charge in [-0.1, -0.05) is 29.3 Å². The van der Waals surface area contributed by atoms with E-state index in [2.05, 4.69) is 0 Å². The van der Waals surface area contributed by atoms with Gasteiger partial charge in [0.25, 0.3) is 11.7 Å². The number of amides is 1. The lowest BCUT2D eigenvalue weighted by Crippen LogP contribution is -2.35. The van der Waals surface area contributed by atoms with Crippen LogP contribution in [0, 0.1) is 0 Å². The number of ether oxygens (including phenoxy) is 1. The molecule has 154 valence electrons. The van der Waals surface area contributed by atoms with Crippen molar-refractivity contribution in [2.24, 2.45) is 0 Å². The van der Waals surface area contributed by atoms with Crippen molar-refractivity contribution in [2.75, 3.05) is 34.3 Å². The summed E-state index contributed by atoms with van der Waals surface area (Å²) in [6, 6.07) is 5.92. The first-order chi connectivity index (χ1) is 13.8. The number of likely N-dealkylation sites (tertiary alicyclic amines) is 1. The number of nitrogens with zero attached hydrogens (tertiary/aromatic N) is 2. The Morgan fingerprint density at radius 3 is 2.45 bits per heavy atom. The summed E-state index contributed by atoms with van der Waals surface area (Å²) < 4.78 is 5.13. The van der Waals surface area contributed by atoms with Crippen molar-refractivity contribution in [2.45, 2.75) is 6.04 Å². The van der Waals surface area contributed by atoms with E-state index in [0.717, 1.165) is 4.88 Å². The average Bonchev–Trinajstić information content (AvgIpc) is 3.27. The second-order valence-electron chi connectivity index (χ2n) is 6.78. The van der Waals surface area contributed by atoms with Crippen molar-refractivity contribution in [1.29, 1.82) is 0 Å². The SMILES string of the molecule is COc1c(Cl)cc(/C(O)=C2/C(=O)C(=O)N(CCN(C)C)C2c2cccs2)cc1Cl. The van der Waals surface area contributed by atoms with Crippen molar-refractivity contribution in [3.8, 4) is 5.75 Å². The van der Waals surface area contributed by atoms with Gasteiger partial charge in [-0.3, -0.25) is 9.59 Å². The van der Waals surface area contributed by atoms with E-state index in [9.17, 15) is 14.7 Å². The van der Waals surface area contributed by atoms with E-state index in [0.29, 0.717) is 13.1 Å². The molecule has 9 heteroatoms. The maximum atomic E-state index is 12.9. The number of rotatable bonds is 6. The molecule has 0 radical (unpaired) electrons. The van der Waals surface area contributed by atoms with Gasteiger partial charge in [-0.05, 0) is 37.7 Å². The van der Waals surface area contributed by atoms with Crippen molar-refractivity contribution in [3.63, 3.8) is 0 Å². The molecule has 0 spiro atoms. The standard InChI is InChI=1S/C20H20Cl2N2O4S/c1-23(2)6-7-24-16(14-5-4-8-29-14)15(18(26)20(24)27)17(25)11-9-12(21)19(28-3)13(22)10-11/h4-5,8-10,16,25H,6-7H2,1-3H3/b17-15-. The molecule has 2 heterocycles. The van der Waals surface area contributed by atoms with Crippen LogP contribution in [0.25, 0.3) is 5.76 Å². The third-order valence-electron chi connectivity index (χ3n) is 4.62. The number of methoxy groups -OCH3 is 1. The van der Waals surface area contributed by atoms with Crippen LogP contribution in [0.1, 0.15) is 16.5 Å². The minimum absolute atomic E-state index is 0.0218. The predicted octanol–water partition coefficient (Wildman–Crippen LogP) is 4.05. The highest BCUT2D eigenvalue weighted by atomic mass is 35.5. The van der Waals surface area contributed by atoms with Gasteiger partial charge in [-0.2, -0.15) is 0 Å². The number of carbonyl (C=O) groups is 2. The summed E-state index contributed by atoms with van der Waals surface area (Å²) in [5, 5.41) is 13.2. The molecule has 1 amide bonds. The van der Waals surface area contributed by atoms with Gasteiger partial charge in [-0.25, -0.2) is 0 Å². The second-order valence-corrected chi connectivity index (χ2v) is 8.58. The normalized spacial score (nSPS) is 18.7. The molecule has 0 aliphatic carbocycles. The van der Waals surface area contributed by atoms with Gasteiger partial charge in [0.1, 0.15) is 5.76 Å². The first-order valence-corrected chi connectivity index (χ1v) is 10.4. The minimum atomic E-state index is -0.734. The third kappa shape index (κ3) is 4.14. The Bertz CT molecular complexity index is 950. The number of likely N-dealkylation sites (N-methyl/N-ethyl adjacent to an activating group) is 1. The number of aliphatic hydroxyl groups excluding tert-OH is 1. The molecular weight excluding hydrogens is 435 g/mol. The van der Waals surface area contributed by atoms with Gasteiger partial charge in [0.05, 0.1) is 28.8 Å². The fourth-order valence-electron chi connectivity index (χ4n) is 3.21. The van der Waals surface area contributed by atoms with Crippen molar-refractivity contribution >= 4 is 52.0 Å². The lowest BCUT2D eigenvalue weighted by Gasteiger charge is -2.25. The second kappa shape index (κ2) is 8.75. The molecule has 1 N–H and O–H groups in total. The largest absolute Gasteiger partial charge is 0.507 e. The Balaban J connectivity index is 2.14. The highest BCUT2D eigenvalue weighted by Gasteiger charge is 2.46. The highest BCUT2D eigenvalue weighted by Crippen LogP contribution is 2.42. The van der Waals surface area contributed by atoms with Crippen LogP contribution in [0.15, 0.2) is 35.2 Å². The average molecular weight is 455 g/mol. The van der Waals surface area contributed by atoms with E-state index >= 15 is 0 Å². The van der Waals surface area contributed by atoms with Gasteiger partial charge in [0.15, 0.2) is 5.75 Å². The molecule has 1 saturated heterocycles. The van der Waals surface area contributed by atoms with E-state index in [4.69, 9.17) is 27.9 Å². The third-order valence-corrected chi connectivity index (χ3v) is 6.10. The summed E-state index contributed by atoms with van der Waals surface area (Å²) in [7, 11) is 5.20. The summed E-state index contributed by atoms with van der Waals surface area (Å²) in [4.78, 5) is 29.8. The molecule has 1 unspecified atom stereocenters. The monoisotopic (exact) mass is 454 g/mol. The number of Topliss-reactive ketones (excluding diaryl/α,β-unsaturated/α-hetero) is 1. The first kappa shape index (κ1) is 21.6. The van der Waals surface area contributed by atoms with Crippen molar-refractivity contribution in [1.82, 2.24) is 9.80 Å². The van der Waals surface area contributed by atoms with E-state index < -0.39 is 17.7 Å². The number of aliphatic hydroxyl groups is 1. The molecule has 1 aliphatic heterocycles. The predicted molar refractivity (Wildman–Crippen MR) is 115 cm³/mol. The highest BCUT2D eigenvalue weighted by molar-refractivity contribution is 7.10. The number of halogens is 2. The number of thiophene rings is 1. The Kier molecular flexibility index (Phi) is 6.53. The molecule has 1 fully saturated rings. The Labute approximate surface area is 182 Å². The van der Waals surface area contributed by atoms with Crippen LogP contribution in [-0.2, 0) is 9.59 Å². The van der Waals surface area contributed by atoms with E-state index in [1.54, 1.807) is 0 Å². The maximum Gasteiger partial charge on any atom is 0.295 e. The van der Waals surface area contributed by atoms with Crippen LogP contribution in [0.2, 0.25) is 10.0 Å². The van der Waals surface area contributed by atoms with Gasteiger partial charge >= 0.3 is 0 Å². The molecule has 1 atom stereocenters. The summed E-state index contributed by atoms with van der Waals surface area (Å²) in [6.45, 7) is 0.927. The quantitative estimate of drug-likeness (QED) is 0.405. The van der Waals surface area contributed by atoms with E-state index in [1.807, 2.05) is 36.5 Å². The zero-order chi connectivity index (χ0) is 21.3. The number of ketones is 1. The number of hydrogen-bond acceptors (Lipinski definition) is 6. The molecule has 3 rings (SSSR count). The lowest BCUT2D eigenvalue weighted by molar-refractivity contribution is -0.140. The molecule has 0 bridgehead atoms. The van der Waals surface area contributed by atoms with E-state index in [1.165, 1.54) is 35.5 Å². The Hall–Kier alpha value is -2.06. The number of hydrogen-bond donors (Lipinski definition) is 1. The lowest BCUT2D eigenvalue weighted by atomic mass is 9.99. The molecule has 2 aromatic rings. The van der Waals surface area contributed by atoms with Crippen LogP contribution in [0.5, 0.6) is 5.75 Å². The zero-order valence-corrected chi connectivity index (χ0v) is 18.4. The Morgan fingerprint density at radius 2 is 1.93 bits per heavy atom. The van der Waals surface area contributed by atoms with Gasteiger partial charge in [0.2, 0.25) is 0 Å². The number of benzene rings is 1. The molecule has 1 aromatic carbocycles. The molecule has 29 heavy (non-hydrogen) atoms. The molecular formula is C20H20Cl2N2O4S. The van der Waals surface area contributed by atoms with Crippen LogP contribution >= 0.6 is 34.5 Å². The van der Waals surface area contributed by atoms with Gasteiger partial charge in [0, 0.05) is 23.5 Å². The van der Waals surface area contributed by atoms with Crippen LogP contribution < -0.4 is 4.74 Å². The van der Waals surface area contributed by atoms with E-state index in [-0.39, 0.29) is 32.7 Å². The fraction of sp³-hybridized carbons (Fsp3) is 0.300. The first-order valence-electron chi connectivity index (χ1n) is 8.76. The number of carbonyl (C=O) groups excluding carboxylic acids is 2. The fourth-order valence-corrected chi connectivity index (χ4v) is 4.69. The minimum Gasteiger partial charge on any atom is -0.507 e. The van der Waals surface area contributed by atoms with Crippen molar-refractivity contribution < 1.29 is 19.4 Å².